The maximum Gasteiger partial charge on any atom is 0.181 e. The van der Waals surface area contributed by atoms with Gasteiger partial charge in [0.05, 0.1) is 0 Å². The third-order valence-electron chi connectivity index (χ3n) is 1.69. The Labute approximate surface area is 83.8 Å². The second-order valence-electron chi connectivity index (χ2n) is 2.64. The fourth-order valence-corrected chi connectivity index (χ4v) is 1.18. The van der Waals surface area contributed by atoms with Gasteiger partial charge in [-0.2, -0.15) is 0 Å². The molecule has 6 heteroatoms. The van der Waals surface area contributed by atoms with Crippen LogP contribution in [0.25, 0.3) is 0 Å². The Bertz CT molecular complexity index is 384. The minimum absolute atomic E-state index is 0.565. The maximum atomic E-state index is 10.9. The molecule has 0 aliphatic carbocycles. The Kier molecular flexibility index (Phi) is 2.44. The lowest BCUT2D eigenvalue weighted by Crippen LogP contribution is -1.94. The van der Waals surface area contributed by atoms with Crippen LogP contribution in [0.5, 0.6) is 23.0 Å². The smallest absolute Gasteiger partial charge is 0.181 e. The van der Waals surface area contributed by atoms with Gasteiger partial charge in [0.2, 0.25) is 0 Å². The molecule has 0 radical (unpaired) electrons. The number of phenolic OH excluding ortho intramolecular Hbond substituents is 4. The fourth-order valence-electron chi connectivity index (χ4n) is 1.00. The van der Waals surface area contributed by atoms with Crippen LogP contribution in [0.4, 0.5) is 0 Å². The van der Waals surface area contributed by atoms with Gasteiger partial charge >= 0.3 is 0 Å². The zero-order chi connectivity index (χ0) is 11.0. The van der Waals surface area contributed by atoms with Gasteiger partial charge in [-0.1, -0.05) is 11.6 Å². The lowest BCUT2D eigenvalue weighted by Gasteiger charge is -2.09. The average Bonchev–Trinajstić information content (AvgIpc) is 2.11. The van der Waals surface area contributed by atoms with Gasteiger partial charge in [0.1, 0.15) is 10.6 Å². The summed E-state index contributed by atoms with van der Waals surface area (Å²) in [7, 11) is 0. The summed E-state index contributed by atoms with van der Waals surface area (Å²) in [4.78, 5) is 10.9. The zero-order valence-electron chi connectivity index (χ0n) is 7.08. The lowest BCUT2D eigenvalue weighted by atomic mass is 10.1. The summed E-state index contributed by atoms with van der Waals surface area (Å²) in [6, 6.07) is 0. The molecular formula is C8H7ClO5. The molecule has 0 aromatic heterocycles. The van der Waals surface area contributed by atoms with Crippen LogP contribution < -0.4 is 0 Å². The van der Waals surface area contributed by atoms with Crippen molar-refractivity contribution in [2.75, 3.05) is 0 Å². The highest BCUT2D eigenvalue weighted by Crippen LogP contribution is 2.49. The largest absolute Gasteiger partial charge is 0.504 e. The van der Waals surface area contributed by atoms with Crippen LogP contribution in [-0.4, -0.2) is 26.2 Å². The number of carbonyl (C=O) groups is 1. The summed E-state index contributed by atoms with van der Waals surface area (Å²) < 4.78 is 0. The van der Waals surface area contributed by atoms with Gasteiger partial charge in [0.15, 0.2) is 28.8 Å². The number of carbonyl (C=O) groups excluding carboxylic acids is 1. The van der Waals surface area contributed by atoms with Gasteiger partial charge in [-0.3, -0.25) is 4.79 Å². The number of Topliss-reactive ketones (excluding diaryl/α,β-unsaturated/α-hetero) is 1. The van der Waals surface area contributed by atoms with Crippen molar-refractivity contribution >= 4 is 17.4 Å². The van der Waals surface area contributed by atoms with Gasteiger partial charge in [0.25, 0.3) is 0 Å². The fraction of sp³-hybridized carbons (Fsp3) is 0.125. The molecule has 0 heterocycles. The first-order chi connectivity index (χ1) is 6.37. The number of ketones is 1. The van der Waals surface area contributed by atoms with E-state index in [9.17, 15) is 15.0 Å². The summed E-state index contributed by atoms with van der Waals surface area (Å²) in [5, 5.41) is 36.1. The van der Waals surface area contributed by atoms with Crippen molar-refractivity contribution in [1.29, 1.82) is 0 Å². The maximum absolute atomic E-state index is 10.9. The number of rotatable bonds is 1. The molecule has 0 amide bonds. The van der Waals surface area contributed by atoms with Crippen molar-refractivity contribution < 1.29 is 25.2 Å². The second kappa shape index (κ2) is 3.26. The predicted octanol–water partition coefficient (Wildman–Crippen LogP) is 1.37. The molecule has 0 spiro atoms. The third-order valence-corrected chi connectivity index (χ3v) is 2.05. The molecule has 0 bridgehead atoms. The van der Waals surface area contributed by atoms with Gasteiger partial charge < -0.3 is 20.4 Å². The molecule has 0 fully saturated rings. The molecule has 1 rings (SSSR count). The number of aromatic hydroxyl groups is 4. The van der Waals surface area contributed by atoms with Crippen LogP contribution in [0.15, 0.2) is 0 Å². The summed E-state index contributed by atoms with van der Waals surface area (Å²) in [6.07, 6.45) is 0. The van der Waals surface area contributed by atoms with Crippen LogP contribution in [0.1, 0.15) is 17.3 Å². The highest BCUT2D eigenvalue weighted by molar-refractivity contribution is 6.34. The van der Waals surface area contributed by atoms with Gasteiger partial charge in [-0.15, -0.1) is 0 Å². The number of hydrogen-bond donors (Lipinski definition) is 4. The van der Waals surface area contributed by atoms with E-state index in [1.54, 1.807) is 0 Å². The normalized spacial score (nSPS) is 10.1. The quantitative estimate of drug-likeness (QED) is 0.324. The Morgan fingerprint density at radius 1 is 1.00 bits per heavy atom. The first kappa shape index (κ1) is 10.5. The summed E-state index contributed by atoms with van der Waals surface area (Å²) >= 11 is 5.33. The average molecular weight is 219 g/mol. The molecular weight excluding hydrogens is 212 g/mol. The van der Waals surface area contributed by atoms with Crippen LogP contribution in [0.3, 0.4) is 0 Å². The number of halogens is 1. The molecule has 0 aliphatic heterocycles. The molecule has 1 aromatic carbocycles. The molecule has 4 N–H and O–H groups in total. The molecule has 0 unspecified atom stereocenters. The minimum Gasteiger partial charge on any atom is -0.504 e. The Morgan fingerprint density at radius 3 is 1.64 bits per heavy atom. The van der Waals surface area contributed by atoms with Gasteiger partial charge in [0, 0.05) is 0 Å². The van der Waals surface area contributed by atoms with E-state index in [1.807, 2.05) is 0 Å². The molecule has 14 heavy (non-hydrogen) atoms. The zero-order valence-corrected chi connectivity index (χ0v) is 7.83. The summed E-state index contributed by atoms with van der Waals surface area (Å²) in [5.74, 6) is -4.09. The SMILES string of the molecule is CC(=O)c1c(O)c(O)c(Cl)c(O)c1O. The first-order valence-electron chi connectivity index (χ1n) is 3.54. The molecule has 0 atom stereocenters. The van der Waals surface area contributed by atoms with E-state index in [4.69, 9.17) is 21.8 Å². The van der Waals surface area contributed by atoms with E-state index >= 15 is 0 Å². The standard InChI is InChI=1S/C8H7ClO5/c1-2(10)3-5(11)7(13)4(9)8(14)6(3)12/h11-14H,1H3. The van der Waals surface area contributed by atoms with E-state index in [0.717, 1.165) is 6.92 Å². The Hall–Kier alpha value is -1.62. The number of phenols is 4. The summed E-state index contributed by atoms with van der Waals surface area (Å²) in [5.41, 5.74) is -0.565. The van der Waals surface area contributed by atoms with Crippen molar-refractivity contribution in [1.82, 2.24) is 0 Å². The van der Waals surface area contributed by atoms with E-state index in [2.05, 4.69) is 0 Å². The van der Waals surface area contributed by atoms with Crippen molar-refractivity contribution in [3.63, 3.8) is 0 Å². The van der Waals surface area contributed by atoms with Crippen molar-refractivity contribution in [3.8, 4) is 23.0 Å². The van der Waals surface area contributed by atoms with Crippen molar-refractivity contribution in [3.05, 3.63) is 10.6 Å². The van der Waals surface area contributed by atoms with E-state index in [0.29, 0.717) is 0 Å². The molecule has 5 nitrogen and oxygen atoms in total. The van der Waals surface area contributed by atoms with Crippen LogP contribution in [0, 0.1) is 0 Å². The highest BCUT2D eigenvalue weighted by atomic mass is 35.5. The van der Waals surface area contributed by atoms with Crippen molar-refractivity contribution in [2.45, 2.75) is 6.92 Å². The molecule has 0 saturated carbocycles. The van der Waals surface area contributed by atoms with Crippen LogP contribution in [-0.2, 0) is 0 Å². The monoisotopic (exact) mass is 218 g/mol. The number of hydrogen-bond acceptors (Lipinski definition) is 5. The molecule has 1 aromatic rings. The lowest BCUT2D eigenvalue weighted by molar-refractivity contribution is 0.101. The summed E-state index contributed by atoms with van der Waals surface area (Å²) in [6.45, 7) is 1.06. The minimum atomic E-state index is -0.849. The highest BCUT2D eigenvalue weighted by Gasteiger charge is 2.24. The van der Waals surface area contributed by atoms with Gasteiger partial charge in [-0.25, -0.2) is 0 Å². The Balaban J connectivity index is 3.68. The molecule has 76 valence electrons. The molecule has 0 saturated heterocycles. The van der Waals surface area contributed by atoms with E-state index in [-0.39, 0.29) is 0 Å². The first-order valence-corrected chi connectivity index (χ1v) is 3.92. The topological polar surface area (TPSA) is 98.0 Å². The third kappa shape index (κ3) is 1.31. The number of benzene rings is 1. The van der Waals surface area contributed by atoms with Crippen LogP contribution in [0.2, 0.25) is 5.02 Å². The van der Waals surface area contributed by atoms with Crippen LogP contribution >= 0.6 is 11.6 Å². The predicted molar refractivity (Wildman–Crippen MR) is 48.1 cm³/mol. The van der Waals surface area contributed by atoms with Gasteiger partial charge in [-0.05, 0) is 6.92 Å². The Morgan fingerprint density at radius 2 is 1.36 bits per heavy atom. The molecule has 0 aliphatic rings. The van der Waals surface area contributed by atoms with Crippen molar-refractivity contribution in [2.24, 2.45) is 0 Å². The van der Waals surface area contributed by atoms with E-state index < -0.39 is 39.4 Å². The second-order valence-corrected chi connectivity index (χ2v) is 3.02. The van der Waals surface area contributed by atoms with E-state index in [1.165, 1.54) is 0 Å².